The Bertz CT molecular complexity index is 518. The number of amides is 1. The van der Waals surface area contributed by atoms with Crippen LogP contribution in [0.5, 0.6) is 0 Å². The highest BCUT2D eigenvalue weighted by Gasteiger charge is 2.33. The number of hydrogen-bond acceptors (Lipinski definition) is 5. The highest BCUT2D eigenvalue weighted by atomic mass is 16.3. The highest BCUT2D eigenvalue weighted by Crippen LogP contribution is 2.12. The summed E-state index contributed by atoms with van der Waals surface area (Å²) >= 11 is 0. The van der Waals surface area contributed by atoms with Crippen molar-refractivity contribution < 1.29 is 15.0 Å². The monoisotopic (exact) mass is 267 g/mol. The SMILES string of the molecule is CCCn1nc(C(=O)N2C[C@@H](O)[C@@H](O)C2)ccc1=O. The van der Waals surface area contributed by atoms with Crippen molar-refractivity contribution in [3.8, 4) is 0 Å². The fraction of sp³-hybridized carbons (Fsp3) is 0.583. The van der Waals surface area contributed by atoms with Crippen LogP contribution in [0.3, 0.4) is 0 Å². The minimum Gasteiger partial charge on any atom is -0.388 e. The molecule has 0 bridgehead atoms. The summed E-state index contributed by atoms with van der Waals surface area (Å²) in [4.78, 5) is 25.0. The zero-order chi connectivity index (χ0) is 14.0. The predicted octanol–water partition coefficient (Wildman–Crippen LogP) is -1.17. The first-order valence-corrected chi connectivity index (χ1v) is 6.26. The van der Waals surface area contributed by atoms with Crippen molar-refractivity contribution in [3.05, 3.63) is 28.2 Å². The number of nitrogens with zero attached hydrogens (tertiary/aromatic N) is 3. The molecule has 1 fully saturated rings. The molecule has 1 amide bonds. The zero-order valence-electron chi connectivity index (χ0n) is 10.7. The van der Waals surface area contributed by atoms with Gasteiger partial charge in [-0.2, -0.15) is 5.10 Å². The van der Waals surface area contributed by atoms with E-state index in [9.17, 15) is 19.8 Å². The van der Waals surface area contributed by atoms with Crippen LogP contribution >= 0.6 is 0 Å². The Morgan fingerprint density at radius 1 is 1.37 bits per heavy atom. The fourth-order valence-corrected chi connectivity index (χ4v) is 2.03. The minimum absolute atomic E-state index is 0.0780. The van der Waals surface area contributed by atoms with Crippen LogP contribution in [0.15, 0.2) is 16.9 Å². The number of aryl methyl sites for hydroxylation is 1. The molecule has 0 aromatic carbocycles. The molecule has 2 rings (SSSR count). The van der Waals surface area contributed by atoms with E-state index in [0.29, 0.717) is 6.54 Å². The number of likely N-dealkylation sites (tertiary alicyclic amines) is 1. The lowest BCUT2D eigenvalue weighted by atomic mass is 10.3. The molecular formula is C12H17N3O4. The molecule has 7 heteroatoms. The molecule has 2 heterocycles. The maximum atomic E-state index is 12.1. The van der Waals surface area contributed by atoms with E-state index in [1.807, 2.05) is 6.92 Å². The van der Waals surface area contributed by atoms with Crippen molar-refractivity contribution in [2.24, 2.45) is 0 Å². The summed E-state index contributed by atoms with van der Waals surface area (Å²) in [5.74, 6) is -0.388. The van der Waals surface area contributed by atoms with E-state index in [2.05, 4.69) is 5.10 Å². The van der Waals surface area contributed by atoms with Crippen LogP contribution in [0, 0.1) is 0 Å². The number of β-amino-alcohol motifs (C(OH)–C–C–N with tert-alkyl or cyclic N) is 2. The van der Waals surface area contributed by atoms with Gasteiger partial charge in [0.15, 0.2) is 0 Å². The molecular weight excluding hydrogens is 250 g/mol. The minimum atomic E-state index is -0.925. The molecule has 1 aliphatic heterocycles. The van der Waals surface area contributed by atoms with Crippen molar-refractivity contribution in [1.29, 1.82) is 0 Å². The number of aromatic nitrogens is 2. The van der Waals surface area contributed by atoms with Gasteiger partial charge in [-0.3, -0.25) is 9.59 Å². The van der Waals surface area contributed by atoms with Gasteiger partial charge in [0, 0.05) is 25.7 Å². The number of aliphatic hydroxyl groups excluding tert-OH is 2. The summed E-state index contributed by atoms with van der Waals surface area (Å²) in [5, 5.41) is 22.9. The Labute approximate surface area is 110 Å². The van der Waals surface area contributed by atoms with Gasteiger partial charge in [-0.15, -0.1) is 0 Å². The largest absolute Gasteiger partial charge is 0.388 e. The molecule has 1 saturated heterocycles. The van der Waals surface area contributed by atoms with Crippen molar-refractivity contribution in [2.45, 2.75) is 32.1 Å². The number of hydrogen-bond donors (Lipinski definition) is 2. The first kappa shape index (κ1) is 13.7. The van der Waals surface area contributed by atoms with Gasteiger partial charge in [0.1, 0.15) is 5.69 Å². The lowest BCUT2D eigenvalue weighted by molar-refractivity contribution is 0.0572. The highest BCUT2D eigenvalue weighted by molar-refractivity contribution is 5.92. The number of carbonyl (C=O) groups is 1. The average Bonchev–Trinajstić information content (AvgIpc) is 2.72. The van der Waals surface area contributed by atoms with Gasteiger partial charge < -0.3 is 15.1 Å². The second-order valence-corrected chi connectivity index (χ2v) is 4.62. The quantitative estimate of drug-likeness (QED) is 0.719. The van der Waals surface area contributed by atoms with Crippen LogP contribution in [0.1, 0.15) is 23.8 Å². The van der Waals surface area contributed by atoms with Gasteiger partial charge in [0.05, 0.1) is 12.2 Å². The lowest BCUT2D eigenvalue weighted by Crippen LogP contribution is -2.33. The molecule has 1 aromatic rings. The molecule has 0 radical (unpaired) electrons. The second-order valence-electron chi connectivity index (χ2n) is 4.62. The summed E-state index contributed by atoms with van der Waals surface area (Å²) in [6.45, 7) is 2.52. The van der Waals surface area contributed by atoms with Crippen molar-refractivity contribution in [3.63, 3.8) is 0 Å². The molecule has 19 heavy (non-hydrogen) atoms. The smallest absolute Gasteiger partial charge is 0.274 e. The summed E-state index contributed by atoms with van der Waals surface area (Å²) in [6, 6.07) is 2.67. The van der Waals surface area contributed by atoms with Gasteiger partial charge in [0.2, 0.25) is 0 Å². The third-order valence-electron chi connectivity index (χ3n) is 3.07. The first-order valence-electron chi connectivity index (χ1n) is 6.26. The summed E-state index contributed by atoms with van der Waals surface area (Å²) in [5.41, 5.74) is -0.103. The van der Waals surface area contributed by atoms with Crippen molar-refractivity contribution in [2.75, 3.05) is 13.1 Å². The molecule has 1 aliphatic rings. The van der Waals surface area contributed by atoms with Gasteiger partial charge in [-0.25, -0.2) is 4.68 Å². The maximum absolute atomic E-state index is 12.1. The summed E-state index contributed by atoms with van der Waals surface area (Å²) in [7, 11) is 0. The van der Waals surface area contributed by atoms with Crippen LogP contribution in [0.2, 0.25) is 0 Å². The topological polar surface area (TPSA) is 95.7 Å². The molecule has 7 nitrogen and oxygen atoms in total. The van der Waals surface area contributed by atoms with Gasteiger partial charge >= 0.3 is 0 Å². The molecule has 2 N–H and O–H groups in total. The van der Waals surface area contributed by atoms with Crippen LogP contribution in [0.25, 0.3) is 0 Å². The first-order chi connectivity index (χ1) is 9.02. The van der Waals surface area contributed by atoms with E-state index < -0.39 is 12.2 Å². The number of carbonyl (C=O) groups excluding carboxylic acids is 1. The normalized spacial score (nSPS) is 22.8. The second kappa shape index (κ2) is 5.50. The molecule has 0 spiro atoms. The van der Waals surface area contributed by atoms with Crippen molar-refractivity contribution >= 4 is 5.91 Å². The molecule has 0 aliphatic carbocycles. The summed E-state index contributed by atoms with van der Waals surface area (Å²) in [6.07, 6.45) is -1.11. The van der Waals surface area contributed by atoms with Gasteiger partial charge in [-0.1, -0.05) is 6.92 Å². The zero-order valence-corrected chi connectivity index (χ0v) is 10.7. The van der Waals surface area contributed by atoms with E-state index in [1.165, 1.54) is 21.7 Å². The van der Waals surface area contributed by atoms with E-state index >= 15 is 0 Å². The predicted molar refractivity (Wildman–Crippen MR) is 66.7 cm³/mol. The average molecular weight is 267 g/mol. The van der Waals surface area contributed by atoms with Crippen LogP contribution in [0.4, 0.5) is 0 Å². The number of rotatable bonds is 3. The molecule has 0 unspecified atom stereocenters. The molecule has 2 atom stereocenters. The Balaban J connectivity index is 2.20. The Hall–Kier alpha value is -1.73. The van der Waals surface area contributed by atoms with Crippen molar-refractivity contribution in [1.82, 2.24) is 14.7 Å². The molecule has 104 valence electrons. The third kappa shape index (κ3) is 2.82. The van der Waals surface area contributed by atoms with E-state index in [4.69, 9.17) is 0 Å². The number of aliphatic hydroxyl groups is 2. The maximum Gasteiger partial charge on any atom is 0.274 e. The Morgan fingerprint density at radius 2 is 2.00 bits per heavy atom. The lowest BCUT2D eigenvalue weighted by Gasteiger charge is -2.15. The fourth-order valence-electron chi connectivity index (χ4n) is 2.03. The van der Waals surface area contributed by atoms with Crippen LogP contribution in [-0.4, -0.2) is 56.1 Å². The van der Waals surface area contributed by atoms with Gasteiger partial charge in [0.25, 0.3) is 11.5 Å². The molecule has 1 aromatic heterocycles. The molecule has 0 saturated carbocycles. The van der Waals surface area contributed by atoms with Crippen LogP contribution < -0.4 is 5.56 Å². The van der Waals surface area contributed by atoms with E-state index in [0.717, 1.165) is 6.42 Å². The van der Waals surface area contributed by atoms with Gasteiger partial charge in [-0.05, 0) is 12.5 Å². The van der Waals surface area contributed by atoms with E-state index in [1.54, 1.807) is 0 Å². The Morgan fingerprint density at radius 3 is 2.58 bits per heavy atom. The van der Waals surface area contributed by atoms with E-state index in [-0.39, 0.29) is 30.2 Å². The standard InChI is InChI=1S/C12H17N3O4/c1-2-5-15-11(18)4-3-8(13-15)12(19)14-6-9(16)10(17)7-14/h3-4,9-10,16-17H,2,5-7H2,1H3/t9-,10+. The third-order valence-corrected chi connectivity index (χ3v) is 3.07. The summed E-state index contributed by atoms with van der Waals surface area (Å²) < 4.78 is 1.25. The Kier molecular flexibility index (Phi) is 3.96. The van der Waals surface area contributed by atoms with Crippen LogP contribution in [-0.2, 0) is 6.54 Å².